The van der Waals surface area contributed by atoms with Gasteiger partial charge in [0.05, 0.1) is 18.3 Å². The smallest absolute Gasteiger partial charge is 0.322 e. The molecule has 1 amide bonds. The third-order valence-electron chi connectivity index (χ3n) is 10.8. The predicted octanol–water partition coefficient (Wildman–Crippen LogP) is 2.56. The highest BCUT2D eigenvalue weighted by molar-refractivity contribution is 5.81. The molecule has 188 valence electrons. The van der Waals surface area contributed by atoms with Crippen molar-refractivity contribution in [2.24, 2.45) is 46.3 Å². The van der Waals surface area contributed by atoms with Gasteiger partial charge in [-0.2, -0.15) is 0 Å². The molecule has 0 aromatic rings. The Morgan fingerprint density at radius 2 is 1.73 bits per heavy atom. The molecule has 0 radical (unpaired) electrons. The van der Waals surface area contributed by atoms with E-state index in [-0.39, 0.29) is 47.3 Å². The minimum atomic E-state index is -1.04. The van der Waals surface area contributed by atoms with Crippen molar-refractivity contribution in [3.8, 4) is 0 Å². The number of carbonyl (C=O) groups excluding carboxylic acids is 1. The van der Waals surface area contributed by atoms with E-state index in [1.165, 1.54) is 0 Å². The van der Waals surface area contributed by atoms with Crippen LogP contribution in [0.2, 0.25) is 0 Å². The molecule has 0 heterocycles. The van der Waals surface area contributed by atoms with Crippen LogP contribution < -0.4 is 5.32 Å². The second-order valence-electron chi connectivity index (χ2n) is 12.2. The molecule has 11 atom stereocenters. The van der Waals surface area contributed by atoms with E-state index in [2.05, 4.69) is 26.1 Å². The quantitative estimate of drug-likeness (QED) is 0.410. The highest BCUT2D eigenvalue weighted by atomic mass is 16.4. The number of carboxylic acid groups (broad SMARTS) is 1. The molecule has 4 aliphatic rings. The summed E-state index contributed by atoms with van der Waals surface area (Å²) in [5, 5.41) is 44.2. The number of aliphatic carboxylic acids is 1. The van der Waals surface area contributed by atoms with Crippen molar-refractivity contribution in [3.05, 3.63) is 0 Å². The summed E-state index contributed by atoms with van der Waals surface area (Å²) in [4.78, 5) is 22.7. The molecule has 33 heavy (non-hydrogen) atoms. The average Bonchev–Trinajstić information content (AvgIpc) is 3.12. The normalized spacial score (nSPS) is 47.7. The van der Waals surface area contributed by atoms with Gasteiger partial charge in [0, 0.05) is 6.42 Å². The molecule has 0 saturated heterocycles. The Morgan fingerprint density at radius 3 is 2.42 bits per heavy atom. The van der Waals surface area contributed by atoms with Crippen molar-refractivity contribution in [1.29, 1.82) is 0 Å². The molecule has 0 aromatic heterocycles. The first-order valence-corrected chi connectivity index (χ1v) is 13.0. The second kappa shape index (κ2) is 9.12. The van der Waals surface area contributed by atoms with E-state index in [4.69, 9.17) is 5.11 Å². The molecule has 4 saturated carbocycles. The van der Waals surface area contributed by atoms with Crippen LogP contribution in [-0.2, 0) is 9.59 Å². The van der Waals surface area contributed by atoms with Gasteiger partial charge in [-0.15, -0.1) is 0 Å². The maximum Gasteiger partial charge on any atom is 0.322 e. The minimum Gasteiger partial charge on any atom is -0.480 e. The molecule has 4 aliphatic carbocycles. The number of aliphatic hydroxyl groups excluding tert-OH is 3. The van der Waals surface area contributed by atoms with Crippen molar-refractivity contribution < 1.29 is 30.0 Å². The van der Waals surface area contributed by atoms with Gasteiger partial charge in [-0.3, -0.25) is 9.59 Å². The van der Waals surface area contributed by atoms with Crippen LogP contribution in [0, 0.1) is 46.3 Å². The number of fused-ring (bicyclic) bond motifs is 5. The van der Waals surface area contributed by atoms with Crippen LogP contribution in [0.15, 0.2) is 0 Å². The Hall–Kier alpha value is -1.18. The zero-order valence-corrected chi connectivity index (χ0v) is 20.4. The summed E-state index contributed by atoms with van der Waals surface area (Å²) in [6.45, 7) is 6.35. The number of carboxylic acids is 1. The molecule has 4 unspecified atom stereocenters. The number of carbonyl (C=O) groups is 2. The van der Waals surface area contributed by atoms with Crippen molar-refractivity contribution in [2.75, 3.05) is 6.54 Å². The van der Waals surface area contributed by atoms with Gasteiger partial charge in [0.25, 0.3) is 0 Å². The Kier molecular flexibility index (Phi) is 6.89. The van der Waals surface area contributed by atoms with Gasteiger partial charge in [0.1, 0.15) is 6.54 Å². The zero-order chi connectivity index (χ0) is 24.1. The molecular weight excluding hydrogens is 422 g/mol. The van der Waals surface area contributed by atoms with Gasteiger partial charge in [0.15, 0.2) is 0 Å². The molecule has 0 aliphatic heterocycles. The van der Waals surface area contributed by atoms with Crippen LogP contribution in [0.1, 0.15) is 78.6 Å². The lowest BCUT2D eigenvalue weighted by molar-refractivity contribution is -0.202. The first-order chi connectivity index (χ1) is 15.5. The molecule has 7 nitrogen and oxygen atoms in total. The topological polar surface area (TPSA) is 127 Å². The van der Waals surface area contributed by atoms with Crippen molar-refractivity contribution >= 4 is 11.9 Å². The lowest BCUT2D eigenvalue weighted by Crippen LogP contribution is -2.61. The van der Waals surface area contributed by atoms with Crippen LogP contribution >= 0.6 is 0 Å². The molecule has 4 fully saturated rings. The largest absolute Gasteiger partial charge is 0.480 e. The summed E-state index contributed by atoms with van der Waals surface area (Å²) in [5.74, 6) is 0.522. The third-order valence-corrected chi connectivity index (χ3v) is 10.8. The van der Waals surface area contributed by atoms with Gasteiger partial charge in [-0.05, 0) is 97.7 Å². The molecule has 7 heteroatoms. The van der Waals surface area contributed by atoms with Gasteiger partial charge >= 0.3 is 5.97 Å². The van der Waals surface area contributed by atoms with Gasteiger partial charge in [-0.1, -0.05) is 20.8 Å². The van der Waals surface area contributed by atoms with Crippen LogP contribution in [0.4, 0.5) is 0 Å². The fraction of sp³-hybridized carbons (Fsp3) is 0.923. The summed E-state index contributed by atoms with van der Waals surface area (Å²) in [5.41, 5.74) is -0.259. The standard InChI is InChI=1S/C26H43NO6/c1-14(4-7-23(31)27-13-24(32)33)17-5-6-18-16-11-21(29)20-10-15(28)8-9-25(20,2)19(16)12-22(30)26(17,18)3/h14-22,28-30H,4-13H2,1-3H3,(H,27,31)(H,32,33)/t14-,15-,16?,17-,18?,19?,20?,21+,22+,25-,26-/m1/s1. The third kappa shape index (κ3) is 4.23. The Bertz CT molecular complexity index is 759. The molecule has 5 N–H and O–H groups in total. The Morgan fingerprint density at radius 1 is 1.00 bits per heavy atom. The summed E-state index contributed by atoms with van der Waals surface area (Å²) in [6, 6.07) is 0. The summed E-state index contributed by atoms with van der Waals surface area (Å²) >= 11 is 0. The first-order valence-electron chi connectivity index (χ1n) is 13.0. The summed E-state index contributed by atoms with van der Waals surface area (Å²) in [6.07, 6.45) is 5.83. The van der Waals surface area contributed by atoms with E-state index in [0.29, 0.717) is 42.9 Å². The number of nitrogens with one attached hydrogen (secondary N) is 1. The highest BCUT2D eigenvalue weighted by Gasteiger charge is 2.65. The molecule has 4 rings (SSSR count). The van der Waals surface area contributed by atoms with Crippen molar-refractivity contribution in [2.45, 2.75) is 96.9 Å². The maximum atomic E-state index is 12.0. The number of rotatable bonds is 6. The van der Waals surface area contributed by atoms with E-state index >= 15 is 0 Å². The SMILES string of the molecule is C[C@H](CCC(=O)NCC(=O)O)[C@H]1CCC2C3C[C@H](O)C4C[C@H](O)CC[C@]4(C)C3C[C@H](O)[C@@]21C. The van der Waals surface area contributed by atoms with Gasteiger partial charge < -0.3 is 25.7 Å². The molecular formula is C26H43NO6. The maximum absolute atomic E-state index is 12.0. The van der Waals surface area contributed by atoms with E-state index < -0.39 is 12.1 Å². The fourth-order valence-electron chi connectivity index (χ4n) is 9.03. The van der Waals surface area contributed by atoms with Crippen molar-refractivity contribution in [1.82, 2.24) is 5.32 Å². The zero-order valence-electron chi connectivity index (χ0n) is 20.4. The summed E-state index contributed by atoms with van der Waals surface area (Å²) < 4.78 is 0. The molecule has 0 aromatic carbocycles. The average molecular weight is 466 g/mol. The fourth-order valence-corrected chi connectivity index (χ4v) is 9.03. The lowest BCUT2D eigenvalue weighted by Gasteiger charge is -2.63. The van der Waals surface area contributed by atoms with Gasteiger partial charge in [-0.25, -0.2) is 0 Å². The molecule has 0 spiro atoms. The van der Waals surface area contributed by atoms with Gasteiger partial charge in [0.2, 0.25) is 5.91 Å². The minimum absolute atomic E-state index is 0.0319. The molecule has 0 bridgehead atoms. The number of amides is 1. The van der Waals surface area contributed by atoms with Crippen LogP contribution in [0.5, 0.6) is 0 Å². The second-order valence-corrected chi connectivity index (χ2v) is 12.2. The number of hydrogen-bond acceptors (Lipinski definition) is 5. The van der Waals surface area contributed by atoms with Crippen LogP contribution in [-0.4, -0.2) is 57.2 Å². The van der Waals surface area contributed by atoms with Crippen molar-refractivity contribution in [3.63, 3.8) is 0 Å². The lowest BCUT2D eigenvalue weighted by atomic mass is 9.43. The van der Waals surface area contributed by atoms with E-state index in [9.17, 15) is 24.9 Å². The van der Waals surface area contributed by atoms with Crippen LogP contribution in [0.3, 0.4) is 0 Å². The van der Waals surface area contributed by atoms with E-state index in [0.717, 1.165) is 38.5 Å². The number of aliphatic hydroxyl groups is 3. The monoisotopic (exact) mass is 465 g/mol. The van der Waals surface area contributed by atoms with E-state index in [1.807, 2.05) is 0 Å². The first kappa shape index (κ1) is 24.9. The van der Waals surface area contributed by atoms with E-state index in [1.54, 1.807) is 0 Å². The number of hydrogen-bond donors (Lipinski definition) is 5. The summed E-state index contributed by atoms with van der Waals surface area (Å²) in [7, 11) is 0. The predicted molar refractivity (Wildman–Crippen MR) is 123 cm³/mol. The Labute approximate surface area is 197 Å². The van der Waals surface area contributed by atoms with Crippen LogP contribution in [0.25, 0.3) is 0 Å². The highest BCUT2D eigenvalue weighted by Crippen LogP contribution is 2.68. The Balaban J connectivity index is 1.48.